The summed E-state index contributed by atoms with van der Waals surface area (Å²) < 4.78 is 18.2. The summed E-state index contributed by atoms with van der Waals surface area (Å²) in [5.74, 6) is 0.426. The van der Waals surface area contributed by atoms with E-state index < -0.39 is 0 Å². The first kappa shape index (κ1) is 9.71. The van der Waals surface area contributed by atoms with Crippen LogP contribution >= 0.6 is 0 Å². The van der Waals surface area contributed by atoms with Gasteiger partial charge >= 0.3 is 0 Å². The molecule has 0 spiro atoms. The molecule has 0 aliphatic rings. The van der Waals surface area contributed by atoms with E-state index in [2.05, 4.69) is 6.07 Å². The minimum Gasteiger partial charge on any atom is -0.489 e. The van der Waals surface area contributed by atoms with Crippen LogP contribution in [0.15, 0.2) is 48.5 Å². The lowest BCUT2D eigenvalue weighted by atomic mass is 10.2. The van der Waals surface area contributed by atoms with Crippen molar-refractivity contribution in [3.05, 3.63) is 66.0 Å². The van der Waals surface area contributed by atoms with E-state index in [1.54, 1.807) is 12.1 Å². The highest BCUT2D eigenvalue weighted by Crippen LogP contribution is 2.11. The molecule has 2 aromatic carbocycles. The summed E-state index contributed by atoms with van der Waals surface area (Å²) in [4.78, 5) is 0. The normalized spacial score (nSPS) is 9.93. The van der Waals surface area contributed by atoms with Crippen molar-refractivity contribution in [2.45, 2.75) is 6.61 Å². The smallest absolute Gasteiger partial charge is 0.131 e. The predicted octanol–water partition coefficient (Wildman–Crippen LogP) is 3.20. The number of para-hydroxylation sites is 1. The summed E-state index contributed by atoms with van der Waals surface area (Å²) >= 11 is 0. The van der Waals surface area contributed by atoms with Gasteiger partial charge in [0.25, 0.3) is 0 Å². The molecule has 1 nitrogen and oxygen atoms in total. The van der Waals surface area contributed by atoms with Crippen LogP contribution in [0.25, 0.3) is 0 Å². The molecule has 2 aromatic rings. The van der Waals surface area contributed by atoms with Gasteiger partial charge in [-0.3, -0.25) is 0 Å². The summed E-state index contributed by atoms with van der Waals surface area (Å²) in [5.41, 5.74) is 0.801. The second-order valence-corrected chi connectivity index (χ2v) is 3.15. The van der Waals surface area contributed by atoms with E-state index in [0.717, 1.165) is 11.3 Å². The summed E-state index contributed by atoms with van der Waals surface area (Å²) in [6.07, 6.45) is 0. The van der Waals surface area contributed by atoms with Crippen molar-refractivity contribution in [3.63, 3.8) is 0 Å². The molecular weight excluding hydrogens is 191 g/mol. The molecule has 0 amide bonds. The van der Waals surface area contributed by atoms with Crippen molar-refractivity contribution in [3.8, 4) is 5.75 Å². The number of ether oxygens (including phenoxy) is 1. The Bertz CT molecular complexity index is 426. The molecule has 1 radical (unpaired) electrons. The van der Waals surface area contributed by atoms with Crippen LogP contribution in [0.1, 0.15) is 5.56 Å². The summed E-state index contributed by atoms with van der Waals surface area (Å²) in [6.45, 7) is 0.371. The fourth-order valence-corrected chi connectivity index (χ4v) is 1.25. The number of hydrogen-bond acceptors (Lipinski definition) is 1. The van der Waals surface area contributed by atoms with Crippen LogP contribution < -0.4 is 4.74 Å². The molecule has 0 aliphatic carbocycles. The first-order valence-corrected chi connectivity index (χ1v) is 4.68. The Kier molecular flexibility index (Phi) is 2.98. The van der Waals surface area contributed by atoms with Crippen LogP contribution in [-0.2, 0) is 6.61 Å². The maximum Gasteiger partial charge on any atom is 0.131 e. The van der Waals surface area contributed by atoms with E-state index in [1.165, 1.54) is 6.07 Å². The highest BCUT2D eigenvalue weighted by atomic mass is 19.1. The van der Waals surface area contributed by atoms with Crippen LogP contribution in [0.4, 0.5) is 4.39 Å². The summed E-state index contributed by atoms with van der Waals surface area (Å²) in [6, 6.07) is 16.7. The molecule has 0 atom stereocenters. The minimum absolute atomic E-state index is 0.357. The molecule has 0 aliphatic heterocycles. The Morgan fingerprint density at radius 3 is 2.67 bits per heavy atom. The molecule has 75 valence electrons. The van der Waals surface area contributed by atoms with Gasteiger partial charge in [0.15, 0.2) is 0 Å². The highest BCUT2D eigenvalue weighted by Gasteiger charge is 1.96. The van der Waals surface area contributed by atoms with Gasteiger partial charge in [0, 0.05) is 6.07 Å². The average molecular weight is 201 g/mol. The molecule has 0 unspecified atom stereocenters. The van der Waals surface area contributed by atoms with Crippen molar-refractivity contribution < 1.29 is 9.13 Å². The third-order valence-corrected chi connectivity index (χ3v) is 1.98. The van der Waals surface area contributed by atoms with E-state index >= 15 is 0 Å². The van der Waals surface area contributed by atoms with Crippen molar-refractivity contribution in [1.29, 1.82) is 0 Å². The second kappa shape index (κ2) is 4.60. The highest BCUT2D eigenvalue weighted by molar-refractivity contribution is 5.22. The van der Waals surface area contributed by atoms with Gasteiger partial charge in [-0.25, -0.2) is 4.39 Å². The molecule has 2 heteroatoms. The van der Waals surface area contributed by atoms with E-state index in [1.807, 2.05) is 30.3 Å². The molecule has 0 N–H and O–H groups in total. The largest absolute Gasteiger partial charge is 0.489 e. The summed E-state index contributed by atoms with van der Waals surface area (Å²) in [5, 5.41) is 0. The zero-order chi connectivity index (χ0) is 10.5. The molecule has 0 saturated carbocycles. The zero-order valence-corrected chi connectivity index (χ0v) is 8.11. The fourth-order valence-electron chi connectivity index (χ4n) is 1.25. The molecule has 0 saturated heterocycles. The number of rotatable bonds is 3. The average Bonchev–Trinajstić information content (AvgIpc) is 2.28. The monoisotopic (exact) mass is 201 g/mol. The Labute approximate surface area is 88.1 Å². The molecule has 0 aromatic heterocycles. The molecule has 0 bridgehead atoms. The van der Waals surface area contributed by atoms with Crippen molar-refractivity contribution in [2.75, 3.05) is 0 Å². The number of hydrogen-bond donors (Lipinski definition) is 0. The number of benzene rings is 2. The third-order valence-electron chi connectivity index (χ3n) is 1.98. The van der Waals surface area contributed by atoms with E-state index in [4.69, 9.17) is 4.74 Å². The topological polar surface area (TPSA) is 9.23 Å². The van der Waals surface area contributed by atoms with E-state index in [0.29, 0.717) is 6.61 Å². The van der Waals surface area contributed by atoms with Crippen LogP contribution in [0, 0.1) is 11.9 Å². The van der Waals surface area contributed by atoms with Crippen LogP contribution in [0.3, 0.4) is 0 Å². The lowest BCUT2D eigenvalue weighted by molar-refractivity contribution is 0.305. The fraction of sp³-hybridized carbons (Fsp3) is 0.0769. The van der Waals surface area contributed by atoms with Crippen molar-refractivity contribution in [1.82, 2.24) is 0 Å². The Hall–Kier alpha value is -1.83. The standard InChI is InChI=1S/C13H10FO/c14-12-6-4-5-11(9-12)10-15-13-7-2-1-3-8-13/h1-5,7-9H,10H2. The van der Waals surface area contributed by atoms with Gasteiger partial charge in [-0.15, -0.1) is 0 Å². The molecule has 0 fully saturated rings. The molecular formula is C13H10FO. The first-order chi connectivity index (χ1) is 7.34. The Balaban J connectivity index is 1.99. The van der Waals surface area contributed by atoms with Crippen LogP contribution in [0.2, 0.25) is 0 Å². The van der Waals surface area contributed by atoms with Gasteiger partial charge in [-0.2, -0.15) is 0 Å². The van der Waals surface area contributed by atoms with Gasteiger partial charge in [0.1, 0.15) is 18.2 Å². The second-order valence-electron chi connectivity index (χ2n) is 3.15. The number of halogens is 1. The predicted molar refractivity (Wildman–Crippen MR) is 56.0 cm³/mol. The van der Waals surface area contributed by atoms with Crippen molar-refractivity contribution >= 4 is 0 Å². The summed E-state index contributed by atoms with van der Waals surface area (Å²) in [7, 11) is 0. The SMILES string of the molecule is Fc1[c]ccc(COc2ccccc2)c1. The van der Waals surface area contributed by atoms with Crippen LogP contribution in [0.5, 0.6) is 5.75 Å². The van der Waals surface area contributed by atoms with Crippen molar-refractivity contribution in [2.24, 2.45) is 0 Å². The van der Waals surface area contributed by atoms with E-state index in [-0.39, 0.29) is 5.82 Å². The Morgan fingerprint density at radius 1 is 1.13 bits per heavy atom. The van der Waals surface area contributed by atoms with Gasteiger partial charge in [-0.05, 0) is 23.8 Å². The Morgan fingerprint density at radius 2 is 1.93 bits per heavy atom. The quantitative estimate of drug-likeness (QED) is 0.741. The zero-order valence-electron chi connectivity index (χ0n) is 8.11. The van der Waals surface area contributed by atoms with Crippen LogP contribution in [-0.4, -0.2) is 0 Å². The molecule has 0 heterocycles. The minimum atomic E-state index is -0.357. The lowest BCUT2D eigenvalue weighted by Crippen LogP contribution is -1.95. The molecule has 2 rings (SSSR count). The third kappa shape index (κ3) is 2.81. The first-order valence-electron chi connectivity index (χ1n) is 4.68. The van der Waals surface area contributed by atoms with E-state index in [9.17, 15) is 4.39 Å². The maximum atomic E-state index is 12.8. The van der Waals surface area contributed by atoms with Gasteiger partial charge in [-0.1, -0.05) is 30.3 Å². The van der Waals surface area contributed by atoms with Gasteiger partial charge in [0.05, 0.1) is 0 Å². The maximum absolute atomic E-state index is 12.8. The van der Waals surface area contributed by atoms with Gasteiger partial charge < -0.3 is 4.74 Å². The molecule has 15 heavy (non-hydrogen) atoms. The lowest BCUT2D eigenvalue weighted by Gasteiger charge is -2.05. The van der Waals surface area contributed by atoms with Gasteiger partial charge in [0.2, 0.25) is 0 Å².